The van der Waals surface area contributed by atoms with E-state index < -0.39 is 0 Å². The molecule has 0 radical (unpaired) electrons. The molecule has 1 N–H and O–H groups in total. The number of aliphatic hydroxyl groups excluding tert-OH is 1. The van der Waals surface area contributed by atoms with Crippen molar-refractivity contribution < 1.29 is 9.90 Å². The predicted molar refractivity (Wildman–Crippen MR) is 90.5 cm³/mol. The lowest BCUT2D eigenvalue weighted by atomic mass is 10.1. The van der Waals surface area contributed by atoms with Crippen LogP contribution < -0.4 is 0 Å². The number of nitrogens with zero attached hydrogens (tertiary/aromatic N) is 3. The lowest BCUT2D eigenvalue weighted by molar-refractivity contribution is 0.0728. The molecule has 2 aromatic heterocycles. The Morgan fingerprint density at radius 3 is 3.09 bits per heavy atom. The van der Waals surface area contributed by atoms with Gasteiger partial charge in [0.1, 0.15) is 9.88 Å². The Kier molecular flexibility index (Phi) is 5.03. The van der Waals surface area contributed by atoms with E-state index >= 15 is 0 Å². The lowest BCUT2D eigenvalue weighted by Gasteiger charge is -2.24. The largest absolute Gasteiger partial charge is 0.396 e. The zero-order chi connectivity index (χ0) is 16.2. The van der Waals surface area contributed by atoms with Crippen LogP contribution in [0.3, 0.4) is 0 Å². The number of amides is 1. The molecule has 3 heterocycles. The van der Waals surface area contributed by atoms with Crippen molar-refractivity contribution in [2.24, 2.45) is 0 Å². The second kappa shape index (κ2) is 7.19. The molecule has 23 heavy (non-hydrogen) atoms. The molecule has 1 aliphatic heterocycles. The highest BCUT2D eigenvalue weighted by atomic mass is 32.1. The molecule has 0 saturated carbocycles. The number of carbonyl (C=O) groups excluding carboxylic acids is 1. The number of likely N-dealkylation sites (tertiary alicyclic amines) is 1. The van der Waals surface area contributed by atoms with Gasteiger partial charge in [0.2, 0.25) is 0 Å². The SMILES string of the molecule is Cc1nc(-c2ccccn2)sc1C(=O)N1CCCC1CCCO. The summed E-state index contributed by atoms with van der Waals surface area (Å²) in [5.74, 6) is 0.0719. The monoisotopic (exact) mass is 331 g/mol. The number of aryl methyl sites for hydroxylation is 1. The smallest absolute Gasteiger partial charge is 0.266 e. The molecule has 122 valence electrons. The van der Waals surface area contributed by atoms with E-state index in [1.54, 1.807) is 6.20 Å². The molecule has 1 saturated heterocycles. The fourth-order valence-electron chi connectivity index (χ4n) is 3.05. The first-order valence-corrected chi connectivity index (χ1v) is 8.83. The van der Waals surface area contributed by atoms with Gasteiger partial charge in [-0.05, 0) is 44.7 Å². The van der Waals surface area contributed by atoms with Crippen molar-refractivity contribution in [3.8, 4) is 10.7 Å². The summed E-state index contributed by atoms with van der Waals surface area (Å²) in [6, 6.07) is 5.94. The molecule has 0 bridgehead atoms. The highest BCUT2D eigenvalue weighted by Gasteiger charge is 2.31. The van der Waals surface area contributed by atoms with Crippen LogP contribution in [-0.2, 0) is 0 Å². The molecule has 1 aliphatic rings. The van der Waals surface area contributed by atoms with E-state index in [0.717, 1.165) is 48.6 Å². The summed E-state index contributed by atoms with van der Waals surface area (Å²) in [6.07, 6.45) is 5.41. The molecular weight excluding hydrogens is 310 g/mol. The molecule has 2 aromatic rings. The van der Waals surface area contributed by atoms with Gasteiger partial charge in [-0.1, -0.05) is 6.07 Å². The van der Waals surface area contributed by atoms with Crippen LogP contribution in [0.4, 0.5) is 0 Å². The summed E-state index contributed by atoms with van der Waals surface area (Å²) in [6.45, 7) is 2.86. The maximum Gasteiger partial charge on any atom is 0.266 e. The number of hydrogen-bond donors (Lipinski definition) is 1. The molecule has 5 nitrogen and oxygen atoms in total. The normalized spacial score (nSPS) is 17.7. The Labute approximate surface area is 140 Å². The Balaban J connectivity index is 1.81. The molecule has 3 rings (SSSR count). The minimum Gasteiger partial charge on any atom is -0.396 e. The van der Waals surface area contributed by atoms with Crippen molar-refractivity contribution in [2.75, 3.05) is 13.2 Å². The van der Waals surface area contributed by atoms with Crippen molar-refractivity contribution in [3.63, 3.8) is 0 Å². The van der Waals surface area contributed by atoms with Crippen LogP contribution in [0, 0.1) is 6.92 Å². The Hall–Kier alpha value is -1.79. The molecular formula is C17H21N3O2S. The maximum absolute atomic E-state index is 12.9. The topological polar surface area (TPSA) is 66.3 Å². The molecule has 6 heteroatoms. The summed E-state index contributed by atoms with van der Waals surface area (Å²) in [5, 5.41) is 9.81. The number of aromatic nitrogens is 2. The molecule has 1 fully saturated rings. The molecule has 1 amide bonds. The lowest BCUT2D eigenvalue weighted by Crippen LogP contribution is -2.35. The van der Waals surface area contributed by atoms with Gasteiger partial charge in [-0.2, -0.15) is 0 Å². The van der Waals surface area contributed by atoms with E-state index in [9.17, 15) is 4.79 Å². The third-order valence-electron chi connectivity index (χ3n) is 4.21. The van der Waals surface area contributed by atoms with Crippen molar-refractivity contribution in [1.29, 1.82) is 0 Å². The van der Waals surface area contributed by atoms with E-state index in [4.69, 9.17) is 5.11 Å². The number of hydrogen-bond acceptors (Lipinski definition) is 5. The van der Waals surface area contributed by atoms with Gasteiger partial charge < -0.3 is 10.0 Å². The van der Waals surface area contributed by atoms with E-state index in [-0.39, 0.29) is 18.6 Å². The summed E-state index contributed by atoms with van der Waals surface area (Å²) in [7, 11) is 0. The van der Waals surface area contributed by atoms with E-state index in [1.165, 1.54) is 11.3 Å². The molecule has 1 atom stereocenters. The second-order valence-corrected chi connectivity index (χ2v) is 6.81. The fourth-order valence-corrected chi connectivity index (χ4v) is 4.05. The number of aliphatic hydroxyl groups is 1. The minimum atomic E-state index is 0.0719. The van der Waals surface area contributed by atoms with Crippen molar-refractivity contribution in [1.82, 2.24) is 14.9 Å². The van der Waals surface area contributed by atoms with Gasteiger partial charge in [-0.3, -0.25) is 9.78 Å². The van der Waals surface area contributed by atoms with E-state index in [2.05, 4.69) is 9.97 Å². The summed E-state index contributed by atoms with van der Waals surface area (Å²) < 4.78 is 0. The van der Waals surface area contributed by atoms with Crippen LogP contribution in [0.25, 0.3) is 10.7 Å². The van der Waals surface area contributed by atoms with Gasteiger partial charge in [-0.25, -0.2) is 4.98 Å². The molecule has 0 aromatic carbocycles. The van der Waals surface area contributed by atoms with Crippen molar-refractivity contribution in [2.45, 2.75) is 38.6 Å². The number of thiazole rings is 1. The third kappa shape index (κ3) is 3.43. The molecule has 0 spiro atoms. The predicted octanol–water partition coefficient (Wildman–Crippen LogP) is 2.89. The van der Waals surface area contributed by atoms with Gasteiger partial charge in [-0.15, -0.1) is 11.3 Å². The van der Waals surface area contributed by atoms with Crippen LogP contribution in [0.15, 0.2) is 24.4 Å². The van der Waals surface area contributed by atoms with Crippen LogP contribution in [0.5, 0.6) is 0 Å². The van der Waals surface area contributed by atoms with E-state index in [0.29, 0.717) is 4.88 Å². The fraction of sp³-hybridized carbons (Fsp3) is 0.471. The summed E-state index contributed by atoms with van der Waals surface area (Å²) >= 11 is 1.42. The first kappa shape index (κ1) is 16.1. The average molecular weight is 331 g/mol. The summed E-state index contributed by atoms with van der Waals surface area (Å²) in [4.78, 5) is 24.4. The molecule has 0 aliphatic carbocycles. The Bertz CT molecular complexity index is 672. The highest BCUT2D eigenvalue weighted by Crippen LogP contribution is 2.30. The zero-order valence-electron chi connectivity index (χ0n) is 13.2. The number of rotatable bonds is 5. The van der Waals surface area contributed by atoms with E-state index in [1.807, 2.05) is 30.0 Å². The van der Waals surface area contributed by atoms with Gasteiger partial charge in [0.15, 0.2) is 0 Å². The third-order valence-corrected chi connectivity index (χ3v) is 5.38. The van der Waals surface area contributed by atoms with Gasteiger partial charge >= 0.3 is 0 Å². The number of pyridine rings is 1. The van der Waals surface area contributed by atoms with Crippen LogP contribution >= 0.6 is 11.3 Å². The van der Waals surface area contributed by atoms with Crippen LogP contribution in [0.2, 0.25) is 0 Å². The standard InChI is InChI=1S/C17H21N3O2S/c1-12-15(23-16(19-12)14-8-2-3-9-18-14)17(22)20-10-4-6-13(20)7-5-11-21/h2-3,8-9,13,21H,4-7,10-11H2,1H3. The molecule has 1 unspecified atom stereocenters. The van der Waals surface area contributed by atoms with Gasteiger partial charge in [0.25, 0.3) is 5.91 Å². The van der Waals surface area contributed by atoms with Gasteiger partial charge in [0, 0.05) is 25.4 Å². The van der Waals surface area contributed by atoms with Crippen LogP contribution in [-0.4, -0.2) is 45.1 Å². The Morgan fingerprint density at radius 1 is 1.48 bits per heavy atom. The second-order valence-electron chi connectivity index (χ2n) is 5.81. The quantitative estimate of drug-likeness (QED) is 0.915. The van der Waals surface area contributed by atoms with Crippen LogP contribution in [0.1, 0.15) is 41.0 Å². The Morgan fingerprint density at radius 2 is 2.35 bits per heavy atom. The summed E-state index contributed by atoms with van der Waals surface area (Å²) in [5.41, 5.74) is 1.58. The van der Waals surface area contributed by atoms with Crippen molar-refractivity contribution >= 4 is 17.2 Å². The first-order valence-electron chi connectivity index (χ1n) is 8.01. The number of carbonyl (C=O) groups is 1. The minimum absolute atomic E-state index is 0.0719. The van der Waals surface area contributed by atoms with Crippen molar-refractivity contribution in [3.05, 3.63) is 35.0 Å². The maximum atomic E-state index is 12.9. The highest BCUT2D eigenvalue weighted by molar-refractivity contribution is 7.17. The first-order chi connectivity index (χ1) is 11.2. The average Bonchev–Trinajstić information content (AvgIpc) is 3.19. The van der Waals surface area contributed by atoms with Gasteiger partial charge in [0.05, 0.1) is 11.4 Å². The zero-order valence-corrected chi connectivity index (χ0v) is 14.1.